The topological polar surface area (TPSA) is 86.8 Å². The van der Waals surface area contributed by atoms with Crippen LogP contribution in [0.3, 0.4) is 0 Å². The normalized spacial score (nSPS) is 23.2. The number of nitrogens with one attached hydrogen (secondary N) is 1. The molecule has 9 heteroatoms. The maximum absolute atomic E-state index is 14.0. The molecule has 7 nitrogen and oxygen atoms in total. The predicted molar refractivity (Wildman–Crippen MR) is 120 cm³/mol. The average molecular weight is 468 g/mol. The van der Waals surface area contributed by atoms with E-state index in [2.05, 4.69) is 12.2 Å². The first kappa shape index (κ1) is 24.6. The standard InChI is InChI=1S/C23H34FN3O4S/c1-3-4-13-25-22(28)19-10-9-17(2)27(16-19)23(29)18-11-14-26(15-12-18)32(30,31)21-8-6-5-7-20(21)24/h5-8,17-19H,3-4,9-16H2,1-2H3,(H,25,28). The van der Waals surface area contributed by atoms with E-state index in [0.717, 1.165) is 31.7 Å². The largest absolute Gasteiger partial charge is 0.356 e. The van der Waals surface area contributed by atoms with Crippen molar-refractivity contribution in [1.82, 2.24) is 14.5 Å². The zero-order chi connectivity index (χ0) is 23.3. The summed E-state index contributed by atoms with van der Waals surface area (Å²) in [6.07, 6.45) is 4.27. The quantitative estimate of drug-likeness (QED) is 0.625. The van der Waals surface area contributed by atoms with Gasteiger partial charge in [0, 0.05) is 38.1 Å². The summed E-state index contributed by atoms with van der Waals surface area (Å²) in [5.41, 5.74) is 0. The molecule has 178 valence electrons. The number of benzene rings is 1. The molecule has 1 N–H and O–H groups in total. The van der Waals surface area contributed by atoms with Crippen molar-refractivity contribution >= 4 is 21.8 Å². The van der Waals surface area contributed by atoms with E-state index in [1.54, 1.807) is 4.90 Å². The molecule has 3 rings (SSSR count). The molecule has 2 aliphatic heterocycles. The third-order valence-electron chi connectivity index (χ3n) is 6.62. The summed E-state index contributed by atoms with van der Waals surface area (Å²) in [6.45, 7) is 5.49. The molecule has 2 heterocycles. The number of piperidine rings is 2. The minimum atomic E-state index is -3.93. The van der Waals surface area contributed by atoms with Crippen LogP contribution in [0.5, 0.6) is 0 Å². The summed E-state index contributed by atoms with van der Waals surface area (Å²) in [5, 5.41) is 2.97. The third-order valence-corrected chi connectivity index (χ3v) is 8.55. The van der Waals surface area contributed by atoms with Crippen LogP contribution >= 0.6 is 0 Å². The van der Waals surface area contributed by atoms with E-state index < -0.39 is 15.8 Å². The molecule has 0 radical (unpaired) electrons. The summed E-state index contributed by atoms with van der Waals surface area (Å²) in [5.74, 6) is -1.25. The van der Waals surface area contributed by atoms with Gasteiger partial charge >= 0.3 is 0 Å². The number of amides is 2. The molecule has 2 atom stereocenters. The number of hydrogen-bond acceptors (Lipinski definition) is 4. The number of unbranched alkanes of at least 4 members (excludes halogenated alkanes) is 1. The molecule has 2 fully saturated rings. The highest BCUT2D eigenvalue weighted by atomic mass is 32.2. The van der Waals surface area contributed by atoms with Crippen LogP contribution in [0, 0.1) is 17.7 Å². The van der Waals surface area contributed by atoms with Gasteiger partial charge in [-0.05, 0) is 51.2 Å². The molecular formula is C23H34FN3O4S. The maximum Gasteiger partial charge on any atom is 0.245 e. The summed E-state index contributed by atoms with van der Waals surface area (Å²) in [7, 11) is -3.93. The van der Waals surface area contributed by atoms with Crippen molar-refractivity contribution in [3.05, 3.63) is 30.1 Å². The van der Waals surface area contributed by atoms with Crippen LogP contribution in [-0.4, -0.2) is 61.7 Å². The number of hydrogen-bond donors (Lipinski definition) is 1. The zero-order valence-corrected chi connectivity index (χ0v) is 19.7. The van der Waals surface area contributed by atoms with E-state index in [0.29, 0.717) is 25.9 Å². The summed E-state index contributed by atoms with van der Waals surface area (Å²) >= 11 is 0. The Morgan fingerprint density at radius 2 is 1.78 bits per heavy atom. The van der Waals surface area contributed by atoms with Gasteiger partial charge in [0.05, 0.1) is 5.92 Å². The number of carbonyl (C=O) groups is 2. The van der Waals surface area contributed by atoms with E-state index in [4.69, 9.17) is 0 Å². The van der Waals surface area contributed by atoms with Crippen LogP contribution in [0.2, 0.25) is 0 Å². The minimum absolute atomic E-state index is 0.00787. The van der Waals surface area contributed by atoms with E-state index in [1.807, 2.05) is 6.92 Å². The van der Waals surface area contributed by atoms with Crippen molar-refractivity contribution in [2.24, 2.45) is 11.8 Å². The Labute approximate surface area is 190 Å². The van der Waals surface area contributed by atoms with Gasteiger partial charge in [-0.2, -0.15) is 4.31 Å². The van der Waals surface area contributed by atoms with Gasteiger partial charge in [0.2, 0.25) is 21.8 Å². The Morgan fingerprint density at radius 3 is 2.44 bits per heavy atom. The molecule has 0 saturated carbocycles. The van der Waals surface area contributed by atoms with Crippen LogP contribution in [0.1, 0.15) is 52.4 Å². The molecule has 2 saturated heterocycles. The molecule has 0 bridgehead atoms. The second-order valence-corrected chi connectivity index (χ2v) is 10.8. The number of likely N-dealkylation sites (tertiary alicyclic amines) is 1. The summed E-state index contributed by atoms with van der Waals surface area (Å²) in [6, 6.07) is 5.41. The van der Waals surface area contributed by atoms with Crippen LogP contribution in [-0.2, 0) is 19.6 Å². The van der Waals surface area contributed by atoms with Crippen molar-refractivity contribution in [3.8, 4) is 0 Å². The first-order valence-corrected chi connectivity index (χ1v) is 13.0. The molecule has 2 unspecified atom stereocenters. The van der Waals surface area contributed by atoms with E-state index in [1.165, 1.54) is 22.5 Å². The van der Waals surface area contributed by atoms with Gasteiger partial charge in [0.15, 0.2) is 0 Å². The highest BCUT2D eigenvalue weighted by Crippen LogP contribution is 2.29. The molecule has 0 aliphatic carbocycles. The number of carbonyl (C=O) groups excluding carboxylic acids is 2. The number of sulfonamides is 1. The van der Waals surface area contributed by atoms with Gasteiger partial charge in [0.1, 0.15) is 10.7 Å². The lowest BCUT2D eigenvalue weighted by Crippen LogP contribution is -2.52. The van der Waals surface area contributed by atoms with Crippen LogP contribution in [0.15, 0.2) is 29.2 Å². The van der Waals surface area contributed by atoms with Crippen molar-refractivity contribution in [1.29, 1.82) is 0 Å². The Kier molecular flexibility index (Phi) is 8.27. The first-order chi connectivity index (χ1) is 15.3. The van der Waals surface area contributed by atoms with Crippen LogP contribution < -0.4 is 5.32 Å². The van der Waals surface area contributed by atoms with Gasteiger partial charge in [-0.1, -0.05) is 25.5 Å². The van der Waals surface area contributed by atoms with E-state index in [9.17, 15) is 22.4 Å². The van der Waals surface area contributed by atoms with Gasteiger partial charge < -0.3 is 10.2 Å². The molecular weight excluding hydrogens is 433 g/mol. The van der Waals surface area contributed by atoms with E-state index >= 15 is 0 Å². The zero-order valence-electron chi connectivity index (χ0n) is 18.9. The Balaban J connectivity index is 1.59. The second kappa shape index (κ2) is 10.7. The monoisotopic (exact) mass is 467 g/mol. The smallest absolute Gasteiger partial charge is 0.245 e. The molecule has 32 heavy (non-hydrogen) atoms. The fraction of sp³-hybridized carbons (Fsp3) is 0.652. The molecule has 0 aromatic heterocycles. The van der Waals surface area contributed by atoms with Crippen LogP contribution in [0.4, 0.5) is 4.39 Å². The lowest BCUT2D eigenvalue weighted by atomic mass is 9.89. The maximum atomic E-state index is 14.0. The Morgan fingerprint density at radius 1 is 1.09 bits per heavy atom. The third kappa shape index (κ3) is 5.49. The fourth-order valence-corrected chi connectivity index (χ4v) is 6.07. The lowest BCUT2D eigenvalue weighted by molar-refractivity contribution is -0.143. The van der Waals surface area contributed by atoms with Crippen molar-refractivity contribution in [3.63, 3.8) is 0 Å². The van der Waals surface area contributed by atoms with Crippen molar-refractivity contribution in [2.75, 3.05) is 26.2 Å². The summed E-state index contributed by atoms with van der Waals surface area (Å²) < 4.78 is 40.9. The SMILES string of the molecule is CCCCNC(=O)C1CCC(C)N(C(=O)C2CCN(S(=O)(=O)c3ccccc3F)CC2)C1. The molecule has 1 aromatic rings. The highest BCUT2D eigenvalue weighted by molar-refractivity contribution is 7.89. The first-order valence-electron chi connectivity index (χ1n) is 11.6. The Hall–Kier alpha value is -2.00. The van der Waals surface area contributed by atoms with Gasteiger partial charge in [-0.3, -0.25) is 9.59 Å². The fourth-order valence-electron chi connectivity index (χ4n) is 4.53. The molecule has 2 aliphatic rings. The van der Waals surface area contributed by atoms with Gasteiger partial charge in [-0.25, -0.2) is 12.8 Å². The molecule has 0 spiro atoms. The van der Waals surface area contributed by atoms with Crippen molar-refractivity contribution in [2.45, 2.75) is 63.3 Å². The van der Waals surface area contributed by atoms with E-state index in [-0.39, 0.29) is 47.7 Å². The highest BCUT2D eigenvalue weighted by Gasteiger charge is 2.38. The minimum Gasteiger partial charge on any atom is -0.356 e. The number of halogens is 1. The van der Waals surface area contributed by atoms with Gasteiger partial charge in [-0.15, -0.1) is 0 Å². The van der Waals surface area contributed by atoms with Crippen LogP contribution in [0.25, 0.3) is 0 Å². The average Bonchev–Trinajstić information content (AvgIpc) is 2.79. The number of rotatable bonds is 7. The Bertz CT molecular complexity index is 916. The number of nitrogens with zero attached hydrogens (tertiary/aromatic N) is 2. The molecule has 1 aromatic carbocycles. The lowest BCUT2D eigenvalue weighted by Gasteiger charge is -2.40. The van der Waals surface area contributed by atoms with Crippen molar-refractivity contribution < 1.29 is 22.4 Å². The second-order valence-electron chi connectivity index (χ2n) is 8.87. The predicted octanol–water partition coefficient (Wildman–Crippen LogP) is 2.77. The van der Waals surface area contributed by atoms with Gasteiger partial charge in [0.25, 0.3) is 0 Å². The summed E-state index contributed by atoms with van der Waals surface area (Å²) in [4.78, 5) is 27.2. The molecule has 2 amide bonds.